The molecule has 0 aromatic heterocycles. The van der Waals surface area contributed by atoms with Crippen LogP contribution in [0, 0.1) is 27.7 Å². The van der Waals surface area contributed by atoms with Gasteiger partial charge in [0.2, 0.25) is 0 Å². The Morgan fingerprint density at radius 3 is 1.46 bits per heavy atom. The van der Waals surface area contributed by atoms with Gasteiger partial charge in [0.25, 0.3) is 0 Å². The number of hydrogen-bond acceptors (Lipinski definition) is 0. The molecule has 6 aromatic carbocycles. The van der Waals surface area contributed by atoms with E-state index in [9.17, 15) is 17.0 Å². The van der Waals surface area contributed by atoms with E-state index in [1.54, 1.807) is 0 Å². The fraction of sp³-hybridized carbons (Fsp3) is 0.200. The van der Waals surface area contributed by atoms with Crippen LogP contribution in [0.3, 0.4) is 0 Å². The van der Waals surface area contributed by atoms with Crippen molar-refractivity contribution in [3.8, 4) is 33.4 Å². The monoisotopic (exact) mass is 835 g/mol. The number of hydrogen-bond donors (Lipinski definition) is 0. The molecule has 0 fully saturated rings. The predicted molar refractivity (Wildman–Crippen MR) is 236 cm³/mol. The van der Waals surface area contributed by atoms with Crippen molar-refractivity contribution >= 4 is 52.3 Å². The molecule has 3 aliphatic rings. The van der Waals surface area contributed by atoms with Crippen LogP contribution in [-0.4, -0.2) is 9.52 Å². The Kier molecular flexibility index (Phi) is 8.91. The van der Waals surface area contributed by atoms with Gasteiger partial charge in [-0.05, 0) is 0 Å². The van der Waals surface area contributed by atoms with Gasteiger partial charge in [0, 0.05) is 0 Å². The molecule has 0 N–H and O–H groups in total. The number of allylic oxidation sites excluding steroid dienone is 2. The van der Waals surface area contributed by atoms with Crippen molar-refractivity contribution in [3.05, 3.63) is 171 Å². The molecular weight excluding hydrogens is 791 g/mol. The maximum atomic E-state index is 9.22. The molecule has 0 saturated heterocycles. The van der Waals surface area contributed by atoms with Crippen LogP contribution in [0.2, 0.25) is 0 Å². The first kappa shape index (κ1) is 36.1. The second kappa shape index (κ2) is 13.3. The average molecular weight is 838 g/mol. The first-order valence-corrected chi connectivity index (χ1v) is 31.5. The van der Waals surface area contributed by atoms with Crippen LogP contribution in [0.15, 0.2) is 126 Å². The Hall–Kier alpha value is -3.52. The van der Waals surface area contributed by atoms with Gasteiger partial charge >= 0.3 is 335 Å². The van der Waals surface area contributed by atoms with Crippen LogP contribution in [0.25, 0.3) is 45.5 Å². The molecular formula is C50H47Cl2SiZr. The van der Waals surface area contributed by atoms with E-state index in [0.29, 0.717) is 0 Å². The molecule has 0 amide bonds. The normalized spacial score (nSPS) is 18.0. The van der Waals surface area contributed by atoms with Crippen molar-refractivity contribution < 1.29 is 16.4 Å². The van der Waals surface area contributed by atoms with Crippen LogP contribution in [-0.2, 0) is 16.4 Å². The topological polar surface area (TPSA) is 0 Å². The fourth-order valence-corrected chi connectivity index (χ4v) is 38.9. The summed E-state index contributed by atoms with van der Waals surface area (Å²) in [5, 5.41) is 2.97. The fourth-order valence-electron chi connectivity index (χ4n) is 10.6. The van der Waals surface area contributed by atoms with E-state index in [0.717, 1.165) is 12.8 Å². The third kappa shape index (κ3) is 5.16. The Balaban J connectivity index is 1.38. The maximum absolute atomic E-state index is 9.22. The molecule has 0 saturated carbocycles. The standard InChI is InChI=1S/2C19H19.C12H9Si.2ClH.Zr/c2*1-4-15-11-16-10-9-14(3)19(18(16)12-15)17-8-6-5-7-13(17)2;1-3-7-11-9(5-1)10-6-2-4-8-12(10)13-11;;;/h2*5-12H,4H2,1-3H3;1-7H,13H2;2*1H;/q;;;;;+2/p-2. The first-order chi connectivity index (χ1) is 26.1. The number of aryl methyl sites for hydroxylation is 4. The summed E-state index contributed by atoms with van der Waals surface area (Å²) in [5.74, 6) is 0. The van der Waals surface area contributed by atoms with Gasteiger partial charge < -0.3 is 0 Å². The summed E-state index contributed by atoms with van der Waals surface area (Å²) in [4.78, 5) is 0. The van der Waals surface area contributed by atoms with Crippen molar-refractivity contribution in [3.63, 3.8) is 0 Å². The summed E-state index contributed by atoms with van der Waals surface area (Å²) in [6, 6.07) is 43.1. The van der Waals surface area contributed by atoms with E-state index >= 15 is 0 Å². The molecule has 0 spiro atoms. The minimum atomic E-state index is -5.54. The number of rotatable bonds is 7. The van der Waals surface area contributed by atoms with Gasteiger partial charge in [-0.25, -0.2) is 0 Å². The summed E-state index contributed by atoms with van der Waals surface area (Å²) in [6.07, 6.45) is 6.80. The van der Waals surface area contributed by atoms with Crippen LogP contribution >= 0.6 is 17.0 Å². The zero-order valence-corrected chi connectivity index (χ0v) is 37.5. The second-order valence-electron chi connectivity index (χ2n) is 16.0. The van der Waals surface area contributed by atoms with E-state index in [1.165, 1.54) is 103 Å². The molecule has 4 heteroatoms. The Morgan fingerprint density at radius 2 is 0.963 bits per heavy atom. The van der Waals surface area contributed by atoms with Gasteiger partial charge in [-0.1, -0.05) is 0 Å². The van der Waals surface area contributed by atoms with Gasteiger partial charge in [0.05, 0.1) is 0 Å². The Labute approximate surface area is 332 Å². The van der Waals surface area contributed by atoms with Gasteiger partial charge in [-0.15, -0.1) is 0 Å². The SMILES string of the molecule is CCC1=Cc2c(ccc(C)c2-c2ccccc2C)[CH]1[Zr]([Cl])([Cl])([c]1cccc2c1[SiH2]c1ccccc1-2)[CH]1C(CC)=Cc2c1ccc(C)c2-c1ccccc1C. The summed E-state index contributed by atoms with van der Waals surface area (Å²) in [7, 11) is 17.6. The van der Waals surface area contributed by atoms with E-state index in [4.69, 9.17) is 0 Å². The van der Waals surface area contributed by atoms with E-state index in [2.05, 4.69) is 169 Å². The van der Waals surface area contributed by atoms with Crippen LogP contribution < -0.4 is 13.6 Å². The predicted octanol–water partition coefficient (Wildman–Crippen LogP) is 12.1. The zero-order chi connectivity index (χ0) is 37.5. The molecule has 0 nitrogen and oxygen atoms in total. The quantitative estimate of drug-likeness (QED) is 0.140. The Morgan fingerprint density at radius 1 is 0.500 bits per heavy atom. The summed E-state index contributed by atoms with van der Waals surface area (Å²) >= 11 is -5.54. The van der Waals surface area contributed by atoms with Gasteiger partial charge in [-0.3, -0.25) is 0 Å². The molecule has 6 aromatic rings. The minimum absolute atomic E-state index is 0.0727. The molecule has 0 radical (unpaired) electrons. The number of fused-ring (bicyclic) bond motifs is 5. The first-order valence-electron chi connectivity index (χ1n) is 19.6. The van der Waals surface area contributed by atoms with Crippen LogP contribution in [0.1, 0.15) is 78.4 Å². The van der Waals surface area contributed by atoms with Crippen molar-refractivity contribution in [2.24, 2.45) is 0 Å². The molecule has 1 aliphatic heterocycles. The van der Waals surface area contributed by atoms with Crippen molar-refractivity contribution in [1.29, 1.82) is 0 Å². The van der Waals surface area contributed by atoms with Crippen LogP contribution in [0.4, 0.5) is 0 Å². The molecule has 0 bridgehead atoms. The molecule has 269 valence electrons. The van der Waals surface area contributed by atoms with Gasteiger partial charge in [-0.2, -0.15) is 0 Å². The van der Waals surface area contributed by atoms with Gasteiger partial charge in [0.15, 0.2) is 0 Å². The van der Waals surface area contributed by atoms with E-state index < -0.39 is 25.9 Å². The van der Waals surface area contributed by atoms with Crippen molar-refractivity contribution in [2.45, 2.75) is 61.6 Å². The third-order valence-electron chi connectivity index (χ3n) is 13.1. The molecule has 54 heavy (non-hydrogen) atoms. The van der Waals surface area contributed by atoms with E-state index in [-0.39, 0.29) is 7.25 Å². The molecule has 2 atom stereocenters. The number of halogens is 2. The summed E-state index contributed by atoms with van der Waals surface area (Å²) in [6.45, 7) is 13.6. The molecule has 1 heterocycles. The van der Waals surface area contributed by atoms with Crippen molar-refractivity contribution in [2.75, 3.05) is 0 Å². The molecule has 2 unspecified atom stereocenters. The number of benzene rings is 6. The summed E-state index contributed by atoms with van der Waals surface area (Å²) in [5.41, 5.74) is 21.1. The molecule has 9 rings (SSSR count). The average Bonchev–Trinajstić information content (AvgIpc) is 3.88. The van der Waals surface area contributed by atoms with Crippen LogP contribution in [0.5, 0.6) is 0 Å². The van der Waals surface area contributed by atoms with Gasteiger partial charge in [0.1, 0.15) is 0 Å². The van der Waals surface area contributed by atoms with E-state index in [1.807, 2.05) is 0 Å². The second-order valence-corrected chi connectivity index (χ2v) is 38.4. The Bertz CT molecular complexity index is 2480. The summed E-state index contributed by atoms with van der Waals surface area (Å²) < 4.78 is 1.15. The zero-order valence-electron chi connectivity index (χ0n) is 32.2. The third-order valence-corrected chi connectivity index (χ3v) is 35.9. The van der Waals surface area contributed by atoms with Crippen molar-refractivity contribution in [1.82, 2.24) is 0 Å². The molecule has 2 aliphatic carbocycles.